The third kappa shape index (κ3) is 6.05. The maximum atomic E-state index is 13.4. The molecule has 0 saturated carbocycles. The van der Waals surface area contributed by atoms with E-state index in [1.54, 1.807) is 22.1 Å². The predicted molar refractivity (Wildman–Crippen MR) is 146 cm³/mol. The van der Waals surface area contributed by atoms with Crippen molar-refractivity contribution in [1.29, 1.82) is 0 Å². The highest BCUT2D eigenvalue weighted by Crippen LogP contribution is 2.36. The maximum absolute atomic E-state index is 13.4. The number of hydrogen-bond acceptors (Lipinski definition) is 8. The van der Waals surface area contributed by atoms with Gasteiger partial charge in [0, 0.05) is 18.0 Å². The van der Waals surface area contributed by atoms with Gasteiger partial charge in [-0.05, 0) is 50.1 Å². The number of thioether (sulfide) groups is 1. The van der Waals surface area contributed by atoms with Gasteiger partial charge in [0.2, 0.25) is 5.91 Å². The Kier molecular flexibility index (Phi) is 8.48. The summed E-state index contributed by atoms with van der Waals surface area (Å²) in [4.78, 5) is 25.3. The van der Waals surface area contributed by atoms with Gasteiger partial charge in [-0.2, -0.15) is 0 Å². The zero-order chi connectivity index (χ0) is 27.4. The quantitative estimate of drug-likeness (QED) is 0.202. The lowest BCUT2D eigenvalue weighted by molar-refractivity contribution is -0.113. The molecule has 0 aliphatic heterocycles. The Hall–Kier alpha value is -3.70. The smallest absolute Gasteiger partial charge is 0.341 e. The second-order valence-electron chi connectivity index (χ2n) is 8.62. The van der Waals surface area contributed by atoms with E-state index in [2.05, 4.69) is 21.6 Å². The minimum atomic E-state index is -0.593. The Balaban J connectivity index is 1.43. The molecule has 4 aromatic rings. The third-order valence-corrected chi connectivity index (χ3v) is 7.70. The van der Waals surface area contributed by atoms with Crippen molar-refractivity contribution in [2.75, 3.05) is 18.2 Å². The molecule has 1 atom stereocenters. The molecule has 2 heterocycles. The van der Waals surface area contributed by atoms with Gasteiger partial charge in [0.05, 0.1) is 12.9 Å². The highest BCUT2D eigenvalue weighted by molar-refractivity contribution is 7.99. The van der Waals surface area contributed by atoms with Gasteiger partial charge in [0.25, 0.3) is 0 Å². The fraction of sp³-hybridized carbons (Fsp3) is 0.259. The van der Waals surface area contributed by atoms with Crippen LogP contribution in [0.1, 0.15) is 40.3 Å². The Morgan fingerprint density at radius 2 is 1.89 bits per heavy atom. The molecule has 1 unspecified atom stereocenters. The summed E-state index contributed by atoms with van der Waals surface area (Å²) < 4.78 is 26.2. The molecule has 11 heteroatoms. The lowest BCUT2D eigenvalue weighted by atomic mass is 10.0. The highest BCUT2D eigenvalue weighted by Gasteiger charge is 2.23. The molecule has 0 aliphatic rings. The lowest BCUT2D eigenvalue weighted by Gasteiger charge is -2.16. The molecule has 0 spiro atoms. The number of methoxy groups -OCH3 is 1. The van der Waals surface area contributed by atoms with Gasteiger partial charge < -0.3 is 19.4 Å². The number of amides is 1. The molecule has 0 fully saturated rings. The number of esters is 1. The standard InChI is InChI=1S/C27H27FN4O4S2/c1-15-6-11-21(16(2)12-15)36-17(3)24-30-31-27(32(24)4)38-14-22(33)29-25-23(26(34)35-5)20(13-37-25)18-7-9-19(28)10-8-18/h6-13,17H,14H2,1-5H3,(H,29,33). The van der Waals surface area contributed by atoms with Gasteiger partial charge in [-0.15, -0.1) is 21.5 Å². The molecule has 0 aliphatic carbocycles. The topological polar surface area (TPSA) is 95.3 Å². The van der Waals surface area contributed by atoms with Gasteiger partial charge in [-0.25, -0.2) is 9.18 Å². The van der Waals surface area contributed by atoms with E-state index in [1.807, 2.05) is 40.0 Å². The molecule has 198 valence electrons. The van der Waals surface area contributed by atoms with E-state index in [0.717, 1.165) is 16.9 Å². The van der Waals surface area contributed by atoms with Crippen LogP contribution in [0.15, 0.2) is 53.0 Å². The van der Waals surface area contributed by atoms with Crippen molar-refractivity contribution in [2.24, 2.45) is 7.05 Å². The van der Waals surface area contributed by atoms with E-state index in [0.29, 0.717) is 27.1 Å². The molecule has 4 rings (SSSR count). The van der Waals surface area contributed by atoms with Crippen molar-refractivity contribution in [3.8, 4) is 16.9 Å². The predicted octanol–water partition coefficient (Wildman–Crippen LogP) is 5.96. The zero-order valence-corrected chi connectivity index (χ0v) is 23.2. The molecule has 38 heavy (non-hydrogen) atoms. The number of thiophene rings is 1. The van der Waals surface area contributed by atoms with Crippen LogP contribution in [0.2, 0.25) is 0 Å². The monoisotopic (exact) mass is 554 g/mol. The van der Waals surface area contributed by atoms with Crippen LogP contribution in [0.25, 0.3) is 11.1 Å². The molecule has 8 nitrogen and oxygen atoms in total. The van der Waals surface area contributed by atoms with E-state index in [-0.39, 0.29) is 29.1 Å². The van der Waals surface area contributed by atoms with E-state index in [1.165, 1.54) is 42.3 Å². The number of halogens is 1. The van der Waals surface area contributed by atoms with Crippen LogP contribution in [0.4, 0.5) is 9.39 Å². The van der Waals surface area contributed by atoms with Gasteiger partial charge in [-0.1, -0.05) is 41.6 Å². The third-order valence-electron chi connectivity index (χ3n) is 5.79. The SMILES string of the molecule is COC(=O)c1c(-c2ccc(F)cc2)csc1NC(=O)CSc1nnc(C(C)Oc2ccc(C)cc2C)n1C. The van der Waals surface area contributed by atoms with Crippen LogP contribution in [0.3, 0.4) is 0 Å². The molecular weight excluding hydrogens is 527 g/mol. The maximum Gasteiger partial charge on any atom is 0.341 e. The fourth-order valence-electron chi connectivity index (χ4n) is 3.87. The number of hydrogen-bond donors (Lipinski definition) is 1. The van der Waals surface area contributed by atoms with Crippen LogP contribution < -0.4 is 10.1 Å². The number of benzene rings is 2. The van der Waals surface area contributed by atoms with Gasteiger partial charge in [0.1, 0.15) is 22.1 Å². The molecular formula is C27H27FN4O4S2. The number of nitrogens with zero attached hydrogens (tertiary/aromatic N) is 3. The lowest BCUT2D eigenvalue weighted by Crippen LogP contribution is -2.16. The summed E-state index contributed by atoms with van der Waals surface area (Å²) in [5.41, 5.74) is 3.61. The Morgan fingerprint density at radius 1 is 1.16 bits per heavy atom. The van der Waals surface area contributed by atoms with Crippen LogP contribution in [-0.2, 0) is 16.6 Å². The molecule has 1 amide bonds. The normalized spacial score (nSPS) is 11.7. The van der Waals surface area contributed by atoms with E-state index in [4.69, 9.17) is 9.47 Å². The van der Waals surface area contributed by atoms with Crippen LogP contribution in [0.5, 0.6) is 5.75 Å². The average Bonchev–Trinajstić information content (AvgIpc) is 3.47. The molecule has 1 N–H and O–H groups in total. The average molecular weight is 555 g/mol. The van der Waals surface area contributed by atoms with E-state index >= 15 is 0 Å². The first kappa shape index (κ1) is 27.3. The highest BCUT2D eigenvalue weighted by atomic mass is 32.2. The number of ether oxygens (including phenoxy) is 2. The summed E-state index contributed by atoms with van der Waals surface area (Å²) in [7, 11) is 3.09. The fourth-order valence-corrected chi connectivity index (χ4v) is 5.56. The first-order valence-electron chi connectivity index (χ1n) is 11.7. The van der Waals surface area contributed by atoms with Crippen molar-refractivity contribution in [2.45, 2.75) is 32.0 Å². The van der Waals surface area contributed by atoms with Crippen molar-refractivity contribution in [3.63, 3.8) is 0 Å². The second-order valence-corrected chi connectivity index (χ2v) is 10.4. The van der Waals surface area contributed by atoms with Crippen LogP contribution in [-0.4, -0.2) is 39.5 Å². The Labute approximate surface area is 228 Å². The van der Waals surface area contributed by atoms with Crippen LogP contribution >= 0.6 is 23.1 Å². The molecule has 0 saturated heterocycles. The minimum absolute atomic E-state index is 0.0443. The number of rotatable bonds is 9. The number of aromatic nitrogens is 3. The van der Waals surface area contributed by atoms with E-state index < -0.39 is 5.97 Å². The zero-order valence-electron chi connectivity index (χ0n) is 21.6. The summed E-state index contributed by atoms with van der Waals surface area (Å²) in [5, 5.41) is 13.9. The number of carbonyl (C=O) groups is 2. The molecule has 2 aromatic heterocycles. The van der Waals surface area contributed by atoms with Gasteiger partial charge >= 0.3 is 5.97 Å². The summed E-state index contributed by atoms with van der Waals surface area (Å²) in [6.07, 6.45) is -0.351. The second kappa shape index (κ2) is 11.8. The Bertz CT molecular complexity index is 1470. The van der Waals surface area contributed by atoms with Crippen molar-refractivity contribution < 1.29 is 23.5 Å². The number of anilines is 1. The summed E-state index contributed by atoms with van der Waals surface area (Å²) in [6, 6.07) is 11.8. The molecule has 0 bridgehead atoms. The summed E-state index contributed by atoms with van der Waals surface area (Å²) in [5.74, 6) is 0.149. The van der Waals surface area contributed by atoms with Crippen LogP contribution in [0, 0.1) is 19.7 Å². The Morgan fingerprint density at radius 3 is 2.58 bits per heavy atom. The minimum Gasteiger partial charge on any atom is -0.482 e. The van der Waals surface area contributed by atoms with E-state index in [9.17, 15) is 14.0 Å². The first-order valence-corrected chi connectivity index (χ1v) is 13.6. The largest absolute Gasteiger partial charge is 0.482 e. The van der Waals surface area contributed by atoms with Gasteiger partial charge in [-0.3, -0.25) is 4.79 Å². The first-order chi connectivity index (χ1) is 18.2. The number of nitrogens with one attached hydrogen (secondary N) is 1. The molecule has 0 radical (unpaired) electrons. The summed E-state index contributed by atoms with van der Waals surface area (Å²) in [6.45, 7) is 5.92. The van der Waals surface area contributed by atoms with Crippen molar-refractivity contribution >= 4 is 40.0 Å². The number of carbonyl (C=O) groups excluding carboxylic acids is 2. The van der Waals surface area contributed by atoms with Crippen molar-refractivity contribution in [1.82, 2.24) is 14.8 Å². The summed E-state index contributed by atoms with van der Waals surface area (Å²) >= 11 is 2.41. The molecule has 2 aromatic carbocycles. The van der Waals surface area contributed by atoms with Crippen molar-refractivity contribution in [3.05, 3.63) is 76.2 Å². The van der Waals surface area contributed by atoms with Gasteiger partial charge in [0.15, 0.2) is 17.1 Å². The number of aryl methyl sites for hydroxylation is 2.